The zero-order valence-corrected chi connectivity index (χ0v) is 13.5. The lowest BCUT2D eigenvalue weighted by Gasteiger charge is -2.15. The molecule has 1 heterocycles. The van der Waals surface area contributed by atoms with Crippen LogP contribution in [0.1, 0.15) is 26.5 Å². The van der Waals surface area contributed by atoms with Crippen LogP contribution in [0, 0.1) is 5.41 Å². The predicted octanol–water partition coefficient (Wildman–Crippen LogP) is 5.63. The van der Waals surface area contributed by atoms with Gasteiger partial charge in [-0.05, 0) is 23.3 Å². The van der Waals surface area contributed by atoms with Gasteiger partial charge in [0.2, 0.25) is 0 Å². The number of benzene rings is 2. The van der Waals surface area contributed by atoms with E-state index in [1.807, 2.05) is 0 Å². The van der Waals surface area contributed by atoms with Crippen LogP contribution in [0.2, 0.25) is 0 Å². The van der Waals surface area contributed by atoms with Crippen LogP contribution in [0.15, 0.2) is 47.8 Å². The van der Waals surface area contributed by atoms with Crippen LogP contribution in [0.3, 0.4) is 0 Å². The van der Waals surface area contributed by atoms with E-state index in [9.17, 15) is 0 Å². The molecular formula is C18H20N2S. The van der Waals surface area contributed by atoms with Crippen molar-refractivity contribution in [1.29, 1.82) is 0 Å². The van der Waals surface area contributed by atoms with Crippen LogP contribution >= 0.6 is 11.3 Å². The van der Waals surface area contributed by atoms with E-state index in [1.165, 1.54) is 10.8 Å². The van der Waals surface area contributed by atoms with Crippen LogP contribution in [0.5, 0.6) is 0 Å². The van der Waals surface area contributed by atoms with Gasteiger partial charge in [-0.3, -0.25) is 0 Å². The normalized spacial score (nSPS) is 11.8. The lowest BCUT2D eigenvalue weighted by atomic mass is 9.91. The molecule has 108 valence electrons. The van der Waals surface area contributed by atoms with Crippen LogP contribution in [0.4, 0.5) is 10.8 Å². The Balaban J connectivity index is 1.86. The van der Waals surface area contributed by atoms with Crippen molar-refractivity contribution in [2.45, 2.75) is 27.2 Å². The van der Waals surface area contributed by atoms with Gasteiger partial charge in [-0.15, -0.1) is 11.3 Å². The van der Waals surface area contributed by atoms with Crippen LogP contribution in [-0.4, -0.2) is 4.98 Å². The maximum atomic E-state index is 4.71. The van der Waals surface area contributed by atoms with E-state index in [0.717, 1.165) is 22.9 Å². The van der Waals surface area contributed by atoms with E-state index < -0.39 is 0 Å². The minimum absolute atomic E-state index is 0.269. The van der Waals surface area contributed by atoms with Crippen molar-refractivity contribution in [1.82, 2.24) is 4.98 Å². The number of nitrogens with zero attached hydrogens (tertiary/aromatic N) is 1. The van der Waals surface area contributed by atoms with Gasteiger partial charge in [0, 0.05) is 16.5 Å². The summed E-state index contributed by atoms with van der Waals surface area (Å²) in [5, 5.41) is 9.05. The minimum Gasteiger partial charge on any atom is -0.331 e. The fourth-order valence-electron chi connectivity index (χ4n) is 2.44. The molecule has 0 saturated carbocycles. The predicted molar refractivity (Wildman–Crippen MR) is 92.5 cm³/mol. The monoisotopic (exact) mass is 296 g/mol. The molecule has 3 rings (SSSR count). The van der Waals surface area contributed by atoms with Gasteiger partial charge in [-0.1, -0.05) is 57.2 Å². The highest BCUT2D eigenvalue weighted by Gasteiger charge is 2.14. The molecule has 0 saturated heterocycles. The Morgan fingerprint density at radius 1 is 1.05 bits per heavy atom. The molecule has 0 radical (unpaired) electrons. The summed E-state index contributed by atoms with van der Waals surface area (Å²) < 4.78 is 0. The van der Waals surface area contributed by atoms with Crippen LogP contribution < -0.4 is 5.32 Å². The van der Waals surface area contributed by atoms with E-state index in [1.54, 1.807) is 11.3 Å². The van der Waals surface area contributed by atoms with Gasteiger partial charge < -0.3 is 5.32 Å². The first-order chi connectivity index (χ1) is 10.0. The first kappa shape index (κ1) is 14.1. The Labute approximate surface area is 129 Å². The van der Waals surface area contributed by atoms with Crippen molar-refractivity contribution in [3.05, 3.63) is 53.5 Å². The molecule has 0 amide bonds. The van der Waals surface area contributed by atoms with Crippen molar-refractivity contribution in [3.63, 3.8) is 0 Å². The van der Waals surface area contributed by atoms with Gasteiger partial charge in [0.25, 0.3) is 0 Å². The highest BCUT2D eigenvalue weighted by atomic mass is 32.1. The molecule has 0 aliphatic carbocycles. The number of thiazole rings is 1. The summed E-state index contributed by atoms with van der Waals surface area (Å²) in [4.78, 5) is 4.71. The molecule has 0 aliphatic rings. The second-order valence-electron chi connectivity index (χ2n) is 6.53. The van der Waals surface area contributed by atoms with E-state index in [2.05, 4.69) is 73.9 Å². The molecule has 3 heteroatoms. The van der Waals surface area contributed by atoms with Gasteiger partial charge in [-0.2, -0.15) is 0 Å². The van der Waals surface area contributed by atoms with Crippen molar-refractivity contribution >= 4 is 32.9 Å². The number of aromatic nitrogens is 1. The topological polar surface area (TPSA) is 24.9 Å². The molecule has 3 aromatic rings. The first-order valence-electron chi connectivity index (χ1n) is 7.20. The fraction of sp³-hybridized carbons (Fsp3) is 0.278. The lowest BCUT2D eigenvalue weighted by Crippen LogP contribution is -2.09. The number of nitrogens with one attached hydrogen (secondary N) is 1. The second kappa shape index (κ2) is 5.49. The Bertz CT molecular complexity index is 748. The molecule has 0 unspecified atom stereocenters. The maximum absolute atomic E-state index is 4.71. The van der Waals surface area contributed by atoms with E-state index in [4.69, 9.17) is 4.98 Å². The zero-order chi connectivity index (χ0) is 14.9. The van der Waals surface area contributed by atoms with Gasteiger partial charge in [0.05, 0.1) is 5.69 Å². The fourth-order valence-corrected chi connectivity index (χ4v) is 3.16. The molecule has 1 aromatic heterocycles. The summed E-state index contributed by atoms with van der Waals surface area (Å²) in [5.41, 5.74) is 2.55. The number of fused-ring (bicyclic) bond motifs is 1. The number of anilines is 2. The largest absolute Gasteiger partial charge is 0.331 e. The van der Waals surface area contributed by atoms with Crippen molar-refractivity contribution in [2.75, 3.05) is 5.32 Å². The molecule has 0 spiro atoms. The van der Waals surface area contributed by atoms with Gasteiger partial charge in [0.1, 0.15) is 0 Å². The first-order valence-corrected chi connectivity index (χ1v) is 8.08. The molecule has 21 heavy (non-hydrogen) atoms. The summed E-state index contributed by atoms with van der Waals surface area (Å²) in [7, 11) is 0. The van der Waals surface area contributed by atoms with Crippen molar-refractivity contribution in [2.24, 2.45) is 5.41 Å². The third-order valence-electron chi connectivity index (χ3n) is 3.29. The quantitative estimate of drug-likeness (QED) is 0.677. The standard InChI is InChI=1S/C18H20N2S/c1-18(2,3)11-14-12-21-17(19-14)20-16-10-6-8-13-7-4-5-9-15(13)16/h4-10,12H,11H2,1-3H3,(H,19,20). The van der Waals surface area contributed by atoms with Crippen LogP contribution in [0.25, 0.3) is 10.8 Å². The Morgan fingerprint density at radius 3 is 2.62 bits per heavy atom. The summed E-state index contributed by atoms with van der Waals surface area (Å²) in [6.45, 7) is 6.72. The highest BCUT2D eigenvalue weighted by Crippen LogP contribution is 2.29. The molecule has 0 bridgehead atoms. The van der Waals surface area contributed by atoms with Gasteiger partial charge in [0.15, 0.2) is 5.13 Å². The number of hydrogen-bond acceptors (Lipinski definition) is 3. The SMILES string of the molecule is CC(C)(C)Cc1csc(Nc2cccc3ccccc23)n1. The number of hydrogen-bond donors (Lipinski definition) is 1. The third kappa shape index (κ3) is 3.42. The molecule has 0 aliphatic heterocycles. The van der Waals surface area contributed by atoms with Gasteiger partial charge in [-0.25, -0.2) is 4.98 Å². The number of rotatable bonds is 3. The summed E-state index contributed by atoms with van der Waals surface area (Å²) in [6.07, 6.45) is 1.00. The Kier molecular flexibility index (Phi) is 3.68. The molecular weight excluding hydrogens is 276 g/mol. The zero-order valence-electron chi connectivity index (χ0n) is 12.7. The summed E-state index contributed by atoms with van der Waals surface area (Å²) in [6, 6.07) is 14.7. The third-order valence-corrected chi connectivity index (χ3v) is 4.10. The van der Waals surface area contributed by atoms with E-state index in [-0.39, 0.29) is 5.41 Å². The second-order valence-corrected chi connectivity index (χ2v) is 7.39. The summed E-state index contributed by atoms with van der Waals surface area (Å²) in [5.74, 6) is 0. The average molecular weight is 296 g/mol. The van der Waals surface area contributed by atoms with Gasteiger partial charge >= 0.3 is 0 Å². The Hall–Kier alpha value is -1.87. The van der Waals surface area contributed by atoms with E-state index in [0.29, 0.717) is 0 Å². The smallest absolute Gasteiger partial charge is 0.187 e. The molecule has 1 N–H and O–H groups in total. The summed E-state index contributed by atoms with van der Waals surface area (Å²) >= 11 is 1.67. The molecule has 0 fully saturated rings. The van der Waals surface area contributed by atoms with E-state index >= 15 is 0 Å². The lowest BCUT2D eigenvalue weighted by molar-refractivity contribution is 0.407. The highest BCUT2D eigenvalue weighted by molar-refractivity contribution is 7.13. The molecule has 2 nitrogen and oxygen atoms in total. The van der Waals surface area contributed by atoms with Crippen molar-refractivity contribution in [3.8, 4) is 0 Å². The van der Waals surface area contributed by atoms with Crippen LogP contribution in [-0.2, 0) is 6.42 Å². The van der Waals surface area contributed by atoms with Crippen molar-refractivity contribution < 1.29 is 0 Å². The maximum Gasteiger partial charge on any atom is 0.187 e. The molecule has 0 atom stereocenters. The minimum atomic E-state index is 0.269. The average Bonchev–Trinajstić information content (AvgIpc) is 2.84. The Morgan fingerprint density at radius 2 is 1.81 bits per heavy atom. The molecule has 2 aromatic carbocycles.